The number of halogens is 2. The van der Waals surface area contributed by atoms with E-state index in [4.69, 9.17) is 17.3 Å². The van der Waals surface area contributed by atoms with E-state index in [1.807, 2.05) is 30.3 Å². The lowest BCUT2D eigenvalue weighted by molar-refractivity contribution is 0.630. The highest BCUT2D eigenvalue weighted by molar-refractivity contribution is 7.19. The first-order valence-corrected chi connectivity index (χ1v) is 7.03. The topological polar surface area (TPSA) is 26.0 Å². The maximum atomic E-state index is 13.2. The molecular weight excluding hydrogens is 281 g/mol. The molecule has 2 aromatic carbocycles. The van der Waals surface area contributed by atoms with Crippen LogP contribution < -0.4 is 5.73 Å². The van der Waals surface area contributed by atoms with E-state index in [-0.39, 0.29) is 11.9 Å². The second kappa shape index (κ2) is 4.93. The third-order valence-electron chi connectivity index (χ3n) is 3.05. The van der Waals surface area contributed by atoms with Crippen molar-refractivity contribution in [1.29, 1.82) is 0 Å². The summed E-state index contributed by atoms with van der Waals surface area (Å²) < 4.78 is 14.1. The van der Waals surface area contributed by atoms with Crippen LogP contribution in [0.3, 0.4) is 0 Å². The fraction of sp³-hybridized carbons (Fsp3) is 0.0667. The van der Waals surface area contributed by atoms with Crippen molar-refractivity contribution >= 4 is 33.0 Å². The average molecular weight is 292 g/mol. The minimum absolute atomic E-state index is 0.229. The maximum absolute atomic E-state index is 13.2. The molecule has 4 heteroatoms. The first-order chi connectivity index (χ1) is 9.15. The van der Waals surface area contributed by atoms with Gasteiger partial charge in [0.2, 0.25) is 0 Å². The zero-order valence-corrected chi connectivity index (χ0v) is 11.5. The van der Waals surface area contributed by atoms with Crippen molar-refractivity contribution in [3.05, 3.63) is 69.8 Å². The summed E-state index contributed by atoms with van der Waals surface area (Å²) in [5.41, 5.74) is 7.14. The fourth-order valence-electron chi connectivity index (χ4n) is 2.06. The molecule has 1 heterocycles. The molecule has 3 rings (SSSR count). The van der Waals surface area contributed by atoms with E-state index in [1.165, 1.54) is 23.5 Å². The Labute approximate surface area is 119 Å². The Hall–Kier alpha value is -1.42. The highest BCUT2D eigenvalue weighted by Gasteiger charge is 2.15. The number of rotatable bonds is 2. The molecule has 0 amide bonds. The first-order valence-electron chi connectivity index (χ1n) is 5.84. The highest BCUT2D eigenvalue weighted by Crippen LogP contribution is 2.34. The van der Waals surface area contributed by atoms with Crippen molar-refractivity contribution in [2.75, 3.05) is 0 Å². The number of fused-ring (bicyclic) bond motifs is 1. The van der Waals surface area contributed by atoms with Crippen molar-refractivity contribution in [3.63, 3.8) is 0 Å². The molecule has 19 heavy (non-hydrogen) atoms. The number of hydrogen-bond acceptors (Lipinski definition) is 2. The van der Waals surface area contributed by atoms with E-state index in [0.717, 1.165) is 20.5 Å². The zero-order valence-electron chi connectivity index (χ0n) is 9.94. The van der Waals surface area contributed by atoms with Gasteiger partial charge in [-0.05, 0) is 35.2 Å². The molecule has 0 aliphatic heterocycles. The van der Waals surface area contributed by atoms with E-state index in [0.29, 0.717) is 5.02 Å². The third-order valence-corrected chi connectivity index (χ3v) is 4.57. The van der Waals surface area contributed by atoms with Gasteiger partial charge in [0.15, 0.2) is 0 Å². The summed E-state index contributed by atoms with van der Waals surface area (Å²) in [4.78, 5) is 0.980. The largest absolute Gasteiger partial charge is 0.320 e. The molecule has 0 aliphatic rings. The summed E-state index contributed by atoms with van der Waals surface area (Å²) in [6.07, 6.45) is 0. The van der Waals surface area contributed by atoms with Gasteiger partial charge in [-0.1, -0.05) is 35.9 Å². The molecule has 0 radical (unpaired) electrons. The quantitative estimate of drug-likeness (QED) is 0.725. The van der Waals surface area contributed by atoms with Crippen molar-refractivity contribution in [1.82, 2.24) is 0 Å². The fourth-order valence-corrected chi connectivity index (χ4v) is 3.42. The molecule has 1 aromatic heterocycles. The van der Waals surface area contributed by atoms with Crippen molar-refractivity contribution in [2.24, 2.45) is 5.73 Å². The van der Waals surface area contributed by atoms with Gasteiger partial charge >= 0.3 is 0 Å². The number of hydrogen-bond donors (Lipinski definition) is 1. The minimum Gasteiger partial charge on any atom is -0.320 e. The smallest absolute Gasteiger partial charge is 0.124 e. The predicted molar refractivity (Wildman–Crippen MR) is 79.3 cm³/mol. The molecule has 0 saturated carbocycles. The van der Waals surface area contributed by atoms with Gasteiger partial charge in [-0.15, -0.1) is 11.3 Å². The monoisotopic (exact) mass is 291 g/mol. The Morgan fingerprint density at radius 2 is 1.89 bits per heavy atom. The summed E-state index contributed by atoms with van der Waals surface area (Å²) in [6.45, 7) is 0. The molecule has 1 nitrogen and oxygen atoms in total. The van der Waals surface area contributed by atoms with Crippen LogP contribution in [0.2, 0.25) is 5.02 Å². The molecule has 0 fully saturated rings. The van der Waals surface area contributed by atoms with Crippen LogP contribution in [-0.2, 0) is 0 Å². The Bertz CT molecular complexity index is 738. The van der Waals surface area contributed by atoms with Crippen molar-refractivity contribution < 1.29 is 4.39 Å². The van der Waals surface area contributed by atoms with Crippen molar-refractivity contribution in [2.45, 2.75) is 6.04 Å². The lowest BCUT2D eigenvalue weighted by Crippen LogP contribution is -2.10. The molecule has 0 aliphatic carbocycles. The normalized spacial score (nSPS) is 12.8. The van der Waals surface area contributed by atoms with Gasteiger partial charge in [0.05, 0.1) is 6.04 Å². The number of thiophene rings is 1. The second-order valence-electron chi connectivity index (χ2n) is 4.33. The van der Waals surface area contributed by atoms with Crippen LogP contribution in [0.25, 0.3) is 10.1 Å². The molecular formula is C15H11ClFNS. The molecule has 2 N–H and O–H groups in total. The van der Waals surface area contributed by atoms with Gasteiger partial charge < -0.3 is 5.73 Å². The Balaban J connectivity index is 2.07. The Morgan fingerprint density at radius 1 is 1.11 bits per heavy atom. The molecule has 0 saturated heterocycles. The van der Waals surface area contributed by atoms with Crippen LogP contribution in [0.5, 0.6) is 0 Å². The summed E-state index contributed by atoms with van der Waals surface area (Å²) in [7, 11) is 0. The Kier molecular flexibility index (Phi) is 3.27. The SMILES string of the molecule is NC(c1cc2ccc(F)cc2s1)c1ccccc1Cl. The molecule has 1 atom stereocenters. The summed E-state index contributed by atoms with van der Waals surface area (Å²) >= 11 is 7.66. The van der Waals surface area contributed by atoms with Crippen LogP contribution >= 0.6 is 22.9 Å². The zero-order chi connectivity index (χ0) is 13.4. The minimum atomic E-state index is -0.283. The summed E-state index contributed by atoms with van der Waals surface area (Å²) in [6, 6.07) is 14.0. The van der Waals surface area contributed by atoms with Crippen LogP contribution in [0.4, 0.5) is 4.39 Å². The van der Waals surface area contributed by atoms with Gasteiger partial charge in [-0.2, -0.15) is 0 Å². The van der Waals surface area contributed by atoms with Gasteiger partial charge in [0, 0.05) is 14.6 Å². The van der Waals surface area contributed by atoms with Crippen LogP contribution in [0.1, 0.15) is 16.5 Å². The van der Waals surface area contributed by atoms with Crippen LogP contribution in [0, 0.1) is 5.82 Å². The van der Waals surface area contributed by atoms with E-state index in [9.17, 15) is 4.39 Å². The number of benzene rings is 2. The maximum Gasteiger partial charge on any atom is 0.124 e. The van der Waals surface area contributed by atoms with E-state index in [1.54, 1.807) is 6.07 Å². The molecule has 0 bridgehead atoms. The van der Waals surface area contributed by atoms with Gasteiger partial charge in [-0.3, -0.25) is 0 Å². The molecule has 3 aromatic rings. The lowest BCUT2D eigenvalue weighted by atomic mass is 10.1. The second-order valence-corrected chi connectivity index (χ2v) is 5.85. The van der Waals surface area contributed by atoms with Gasteiger partial charge in [-0.25, -0.2) is 4.39 Å². The third kappa shape index (κ3) is 2.37. The van der Waals surface area contributed by atoms with E-state index >= 15 is 0 Å². The first kappa shape index (κ1) is 12.6. The van der Waals surface area contributed by atoms with Gasteiger partial charge in [0.25, 0.3) is 0 Å². The average Bonchev–Trinajstić information content (AvgIpc) is 2.81. The van der Waals surface area contributed by atoms with Crippen LogP contribution in [-0.4, -0.2) is 0 Å². The molecule has 96 valence electrons. The highest BCUT2D eigenvalue weighted by atomic mass is 35.5. The summed E-state index contributed by atoms with van der Waals surface area (Å²) in [5, 5.41) is 1.66. The Morgan fingerprint density at radius 3 is 2.68 bits per heavy atom. The molecule has 1 unspecified atom stereocenters. The predicted octanol–water partition coefficient (Wildman–Crippen LogP) is 4.74. The van der Waals surface area contributed by atoms with Crippen molar-refractivity contribution in [3.8, 4) is 0 Å². The van der Waals surface area contributed by atoms with E-state index < -0.39 is 0 Å². The van der Waals surface area contributed by atoms with E-state index in [2.05, 4.69) is 0 Å². The number of nitrogens with two attached hydrogens (primary N) is 1. The van der Waals surface area contributed by atoms with Gasteiger partial charge in [0.1, 0.15) is 5.82 Å². The summed E-state index contributed by atoms with van der Waals surface area (Å²) in [5.74, 6) is -0.229. The lowest BCUT2D eigenvalue weighted by Gasteiger charge is -2.11. The standard InChI is InChI=1S/C15H11ClFNS/c16-12-4-2-1-3-11(12)15(18)14-7-9-5-6-10(17)8-13(9)19-14/h1-8,15H,18H2. The molecule has 0 spiro atoms. The van der Waals surface area contributed by atoms with Crippen LogP contribution in [0.15, 0.2) is 48.5 Å².